The Labute approximate surface area is 868 Å². The number of benzene rings is 15. The number of para-hydroxylation sites is 4. The van der Waals surface area contributed by atoms with E-state index < -0.39 is 16.7 Å². The molecular formula is C120H92Br6N8O3S2. The first-order valence-corrected chi connectivity index (χ1v) is 53.4. The van der Waals surface area contributed by atoms with Crippen molar-refractivity contribution in [3.8, 4) is 78.3 Å². The van der Waals surface area contributed by atoms with Crippen LogP contribution in [0.5, 0.6) is 0 Å². The molecule has 5 aliphatic heterocycles. The van der Waals surface area contributed by atoms with Gasteiger partial charge < -0.3 is 19.6 Å². The first-order valence-electron chi connectivity index (χ1n) is 47.0. The first-order chi connectivity index (χ1) is 67.0. The molecular weight excluding hydrogens is 2140 g/mol. The molecule has 139 heavy (non-hydrogen) atoms. The molecule has 1 fully saturated rings. The van der Waals surface area contributed by atoms with Crippen molar-refractivity contribution in [1.29, 1.82) is 0 Å². The average molecular weight is 2240 g/mol. The van der Waals surface area contributed by atoms with E-state index >= 15 is 0 Å². The van der Waals surface area contributed by atoms with Crippen molar-refractivity contribution in [2.45, 2.75) is 140 Å². The summed E-state index contributed by atoms with van der Waals surface area (Å²) >= 11 is 25.2. The quantitative estimate of drug-likeness (QED) is 0.179. The average Bonchev–Trinajstić information content (AvgIpc) is 1.50. The summed E-state index contributed by atoms with van der Waals surface area (Å²) in [7, 11) is 0. The lowest BCUT2D eigenvalue weighted by Crippen LogP contribution is -2.34. The van der Waals surface area contributed by atoms with Crippen molar-refractivity contribution in [2.75, 3.05) is 16.4 Å². The maximum atomic E-state index is 12.8. The molecule has 1 atom stereocenters. The largest absolute Gasteiger partial charge is 0.376 e. The minimum Gasteiger partial charge on any atom is -0.376 e. The Hall–Kier alpha value is -11.3. The van der Waals surface area contributed by atoms with Gasteiger partial charge in [-0.25, -0.2) is 14.0 Å². The number of rotatable bonds is 5. The second-order valence-electron chi connectivity index (χ2n) is 40.0. The van der Waals surface area contributed by atoms with Crippen molar-refractivity contribution < 1.29 is 14.6 Å². The van der Waals surface area contributed by atoms with Gasteiger partial charge in [-0.1, -0.05) is 351 Å². The Morgan fingerprint density at radius 2 is 0.619 bits per heavy atom. The number of aliphatic hydroxyl groups is 1. The van der Waals surface area contributed by atoms with Crippen molar-refractivity contribution >= 4 is 159 Å². The molecule has 0 bridgehead atoms. The van der Waals surface area contributed by atoms with Crippen molar-refractivity contribution in [1.82, 2.24) is 29.3 Å². The van der Waals surface area contributed by atoms with Crippen LogP contribution in [0.15, 0.2) is 380 Å². The van der Waals surface area contributed by atoms with Gasteiger partial charge in [0.25, 0.3) is 0 Å². The summed E-state index contributed by atoms with van der Waals surface area (Å²) in [6.45, 7) is 20.8. The predicted molar refractivity (Wildman–Crippen MR) is 585 cm³/mol. The fourth-order valence-corrected chi connectivity index (χ4v) is 26.4. The monoisotopic (exact) mass is 2230 g/mol. The van der Waals surface area contributed by atoms with Crippen LogP contribution in [-0.2, 0) is 37.7 Å². The van der Waals surface area contributed by atoms with E-state index in [0.29, 0.717) is 0 Å². The summed E-state index contributed by atoms with van der Waals surface area (Å²) in [4.78, 5) is 22.1. The second kappa shape index (κ2) is 34.0. The molecule has 11 nitrogen and oxygen atoms in total. The van der Waals surface area contributed by atoms with Crippen molar-refractivity contribution in [3.63, 3.8) is 0 Å². The lowest BCUT2D eigenvalue weighted by Gasteiger charge is -2.35. The third-order valence-corrected chi connectivity index (χ3v) is 33.8. The molecule has 18 aromatic rings. The molecule has 684 valence electrons. The van der Waals surface area contributed by atoms with E-state index in [0.717, 1.165) is 148 Å². The van der Waals surface area contributed by atoms with Crippen LogP contribution in [-0.4, -0.2) is 46.8 Å². The zero-order valence-electron chi connectivity index (χ0n) is 77.6. The van der Waals surface area contributed by atoms with Crippen LogP contribution >= 0.6 is 119 Å². The minimum atomic E-state index is -1.33. The van der Waals surface area contributed by atoms with E-state index in [9.17, 15) is 9.90 Å². The molecule has 19 heteroatoms. The number of carbonyl (C=O) groups is 1. The lowest BCUT2D eigenvalue weighted by atomic mass is 9.80. The van der Waals surface area contributed by atoms with E-state index in [1.54, 1.807) is 0 Å². The van der Waals surface area contributed by atoms with Crippen molar-refractivity contribution in [3.05, 3.63) is 439 Å². The van der Waals surface area contributed by atoms with Gasteiger partial charge in [-0.05, 0) is 261 Å². The van der Waals surface area contributed by atoms with Gasteiger partial charge in [0.15, 0.2) is 12.0 Å². The molecule has 0 saturated carbocycles. The number of ether oxygens (including phenoxy) is 1. The number of anilines is 6. The number of fused-ring (bicyclic) bond motifs is 30. The van der Waals surface area contributed by atoms with Crippen LogP contribution in [0.3, 0.4) is 0 Å². The minimum absolute atomic E-state index is 0.0215. The number of nitrogens with zero attached hydrogens (tertiary/aromatic N) is 8. The molecule has 2 spiro atoms. The second-order valence-corrected chi connectivity index (χ2v) is 47.7. The Morgan fingerprint density at radius 3 is 1.00 bits per heavy atom. The maximum Gasteiger partial charge on any atom is 0.194 e. The Balaban J connectivity index is 0.000000109. The van der Waals surface area contributed by atoms with Gasteiger partial charge in [-0.3, -0.25) is 4.79 Å². The Kier molecular flexibility index (Phi) is 22.1. The van der Waals surface area contributed by atoms with E-state index in [1.165, 1.54) is 115 Å². The van der Waals surface area contributed by atoms with Crippen LogP contribution in [0, 0.1) is 0 Å². The van der Waals surface area contributed by atoms with Gasteiger partial charge in [0.2, 0.25) is 0 Å². The summed E-state index contributed by atoms with van der Waals surface area (Å²) < 4.78 is 18.8. The molecule has 0 amide bonds. The molecule has 0 radical (unpaired) electrons. The molecule has 27 rings (SSSR count). The number of hydrogen-bond acceptors (Lipinski definition) is 10. The fourth-order valence-electron chi connectivity index (χ4n) is 22.1. The van der Waals surface area contributed by atoms with Gasteiger partial charge in [-0.15, -0.1) is 0 Å². The molecule has 1 N–H and O–H groups in total. The van der Waals surface area contributed by atoms with E-state index in [2.05, 4.69) is 437 Å². The normalized spacial score (nSPS) is 15.7. The zero-order chi connectivity index (χ0) is 95.4. The molecule has 8 heterocycles. The van der Waals surface area contributed by atoms with Crippen molar-refractivity contribution in [2.24, 2.45) is 0 Å². The molecule has 4 aliphatic carbocycles. The smallest absolute Gasteiger partial charge is 0.194 e. The van der Waals surface area contributed by atoms with E-state index in [-0.39, 0.29) is 28.3 Å². The number of halogens is 6. The molecule has 1 unspecified atom stereocenters. The maximum absolute atomic E-state index is 12.8. The number of hydrogen-bond donors (Lipinski definition) is 1. The fraction of sp³-hybridized carbons (Fsp3) is 0.167. The number of carbonyl (C=O) groups excluding carboxylic acids is 1. The van der Waals surface area contributed by atoms with Gasteiger partial charge in [-0.2, -0.15) is 15.3 Å². The zero-order valence-corrected chi connectivity index (χ0v) is 88.7. The Bertz CT molecular complexity index is 7810. The molecule has 15 aromatic carbocycles. The van der Waals surface area contributed by atoms with Gasteiger partial charge in [0, 0.05) is 125 Å². The highest BCUT2D eigenvalue weighted by atomic mass is 79.9. The van der Waals surface area contributed by atoms with Gasteiger partial charge >= 0.3 is 0 Å². The predicted octanol–water partition coefficient (Wildman–Crippen LogP) is 34.1. The Morgan fingerprint density at radius 1 is 0.309 bits per heavy atom. The highest BCUT2D eigenvalue weighted by Gasteiger charge is 2.57. The summed E-state index contributed by atoms with van der Waals surface area (Å²) in [5.41, 5.74) is 35.2. The van der Waals surface area contributed by atoms with Gasteiger partial charge in [0.05, 0.1) is 56.9 Å². The lowest BCUT2D eigenvalue weighted by molar-refractivity contribution is -0.0387. The SMILES string of the molecule is CC(C)(C)c1cc(-c2ccccc2C2(O)c3cc(Br)ccc3-c3ccc(Br)cc32)n(C2CCCCO2)n1.CC(C)(C)c1cc2n(n1)C1(c3cc(Br)ccc3-c3ccc(Br)cc31)c1ccccc1-2.CC(C)(C)c1cc2n(n1)C1(c3cc(N4c5ccccc5Sc5ccccc54)ccc3-c3ccc(N4c5ccccc5Sc5ccccc54)cc31)c1ccccc1-2.O=C1c2cc(Br)ccc2-c2ccc(Br)cc21. The van der Waals surface area contributed by atoms with Crippen LogP contribution in [0.4, 0.5) is 34.1 Å². The summed E-state index contributed by atoms with van der Waals surface area (Å²) in [6.07, 6.45) is 3.00. The summed E-state index contributed by atoms with van der Waals surface area (Å²) in [6, 6.07) is 119. The standard InChI is InChI=1S/C50H36N4S2.C31H30Br2N2O2.C26H20Br2N2.C13H6Br2O/c1-49(2,3)48-30-43-35-14-4-5-15-36(35)50(54(43)51-48)37-28-31(52-39-16-6-10-20-44(39)55-45-21-11-7-17-40(45)52)24-26-33(37)34-27-25-32(29-38(34)50)53-41-18-8-12-22-46(41)56-47-23-13-9-19-42(47)53;1-30(2,3)28-18-27(35(34-28)29-10-6-7-15-37-29)23-8-4-5-9-24(23)31(36)25-16-19(32)11-13-21(25)22-14-12-20(33)17-26(22)31;1-25(2,3)24-14-23-19-6-4-5-7-20(19)26(30(23)29-24)21-12-15(27)8-10-17(21)18-11-9-16(28)13-22(18)26;14-7-1-3-9-10-4-2-8(15)6-12(10)13(16)11(9)5-7/h4-30H,1-3H3;4-5,8-9,11-14,16-18,29,36H,6-7,10,15H2,1-3H3;4-14H,1-3H3;1-6H. The van der Waals surface area contributed by atoms with Crippen LogP contribution in [0.1, 0.15) is 171 Å². The van der Waals surface area contributed by atoms with Crippen LogP contribution < -0.4 is 9.80 Å². The van der Waals surface area contributed by atoms with E-state index in [1.807, 2.05) is 102 Å². The highest BCUT2D eigenvalue weighted by molar-refractivity contribution is 9.11. The van der Waals surface area contributed by atoms with Crippen LogP contribution in [0.2, 0.25) is 0 Å². The molecule has 9 aliphatic rings. The van der Waals surface area contributed by atoms with Crippen LogP contribution in [0.25, 0.3) is 78.3 Å². The third-order valence-electron chi connectivity index (χ3n) is 28.6. The van der Waals surface area contributed by atoms with E-state index in [4.69, 9.17) is 20.0 Å². The highest BCUT2D eigenvalue weighted by Crippen LogP contribution is 2.66. The third kappa shape index (κ3) is 14.4. The number of aromatic nitrogens is 6. The topological polar surface area (TPSA) is 106 Å². The summed E-state index contributed by atoms with van der Waals surface area (Å²) in [5, 5.41) is 28.8. The molecule has 3 aromatic heterocycles. The summed E-state index contributed by atoms with van der Waals surface area (Å²) in [5.74, 6) is 0.104. The van der Waals surface area contributed by atoms with Gasteiger partial charge in [0.1, 0.15) is 16.7 Å². The first kappa shape index (κ1) is 90.3. The number of ketones is 1. The molecule has 1 saturated heterocycles.